The van der Waals surface area contributed by atoms with Gasteiger partial charge in [0.15, 0.2) is 4.30 Å². The Morgan fingerprint density at radius 2 is 1.73 bits per heavy atom. The fraction of sp³-hybridized carbons (Fsp3) is 0.889. The molecule has 0 bridgehead atoms. The molecule has 0 fully saturated rings. The number of ether oxygens (including phenoxy) is 1. The quantitative estimate of drug-likeness (QED) is 0.407. The highest BCUT2D eigenvalue weighted by Crippen LogP contribution is 2.18. The van der Waals surface area contributed by atoms with Crippen molar-refractivity contribution in [3.8, 4) is 0 Å². The van der Waals surface area contributed by atoms with Crippen molar-refractivity contribution in [3.63, 3.8) is 0 Å². The van der Waals surface area contributed by atoms with Crippen LogP contribution in [-0.4, -0.2) is 21.3 Å². The van der Waals surface area contributed by atoms with Crippen molar-refractivity contribution in [2.45, 2.75) is 31.5 Å². The molecule has 2 nitrogen and oxygen atoms in total. The van der Waals surface area contributed by atoms with Gasteiger partial charge in [-0.2, -0.15) is 0 Å². The number of halogens is 4. The van der Waals surface area contributed by atoms with Gasteiger partial charge in [-0.05, 0) is 5.41 Å². The van der Waals surface area contributed by atoms with Crippen LogP contribution < -0.4 is 0 Å². The Hall–Kier alpha value is 1.07. The summed E-state index contributed by atoms with van der Waals surface area (Å²) in [6.45, 7) is 6.62. The van der Waals surface area contributed by atoms with Crippen molar-refractivity contribution in [1.82, 2.24) is 0 Å². The predicted molar refractivity (Wildman–Crippen MR) is 75.3 cm³/mol. The molecule has 0 radical (unpaired) electrons. The molecule has 0 atom stereocenters. The fourth-order valence-electron chi connectivity index (χ4n) is 0.636. The summed E-state index contributed by atoms with van der Waals surface area (Å²) in [5.41, 5.74) is 0.0440. The molecule has 0 amide bonds. The van der Waals surface area contributed by atoms with Gasteiger partial charge in [-0.3, -0.25) is 4.79 Å². The molecule has 0 saturated carbocycles. The van der Waals surface area contributed by atoms with Gasteiger partial charge in [0.25, 0.3) is 0 Å². The summed E-state index contributed by atoms with van der Waals surface area (Å²) in [4.78, 5) is 11.0. The molecule has 0 aromatic rings. The van der Waals surface area contributed by atoms with Crippen LogP contribution in [-0.2, 0) is 9.53 Å². The molecule has 0 aromatic heterocycles. The SMILES string of the molecule is CC(C)(C)CC(=O)OCCI.ClC(Cl)Cl. The second-order valence-electron chi connectivity index (χ2n) is 3.89. The lowest BCUT2D eigenvalue weighted by Gasteiger charge is -2.16. The van der Waals surface area contributed by atoms with E-state index in [4.69, 9.17) is 39.5 Å². The summed E-state index contributed by atoms with van der Waals surface area (Å²) < 4.78 is 5.04. The second-order valence-corrected chi connectivity index (χ2v) is 6.95. The summed E-state index contributed by atoms with van der Waals surface area (Å²) >= 11 is 16.6. The molecule has 0 heterocycles. The zero-order valence-electron chi connectivity index (χ0n) is 9.03. The van der Waals surface area contributed by atoms with Crippen molar-refractivity contribution in [1.29, 1.82) is 0 Å². The highest BCUT2D eigenvalue weighted by molar-refractivity contribution is 14.1. The van der Waals surface area contributed by atoms with E-state index in [9.17, 15) is 4.79 Å². The minimum atomic E-state index is -0.750. The number of rotatable bonds is 3. The number of carbonyl (C=O) groups is 1. The third kappa shape index (κ3) is 25.4. The number of alkyl halides is 4. The van der Waals surface area contributed by atoms with Gasteiger partial charge in [-0.25, -0.2) is 0 Å². The monoisotopic (exact) mass is 388 g/mol. The highest BCUT2D eigenvalue weighted by Gasteiger charge is 2.16. The maximum atomic E-state index is 11.0. The first-order chi connectivity index (χ1) is 6.69. The number of hydrogen-bond acceptors (Lipinski definition) is 2. The fourth-order valence-corrected chi connectivity index (χ4v) is 0.857. The molecule has 15 heavy (non-hydrogen) atoms. The average molecular weight is 389 g/mol. The summed E-state index contributed by atoms with van der Waals surface area (Å²) in [5.74, 6) is -0.0887. The highest BCUT2D eigenvalue weighted by atomic mass is 127. The molecule has 0 unspecified atom stereocenters. The van der Waals surface area contributed by atoms with Crippen LogP contribution >= 0.6 is 57.4 Å². The lowest BCUT2D eigenvalue weighted by molar-refractivity contribution is -0.144. The first-order valence-corrected chi connectivity index (χ1v) is 7.16. The third-order valence-electron chi connectivity index (χ3n) is 1.01. The Morgan fingerprint density at radius 1 is 1.33 bits per heavy atom. The molecule has 0 aliphatic carbocycles. The van der Waals surface area contributed by atoms with E-state index in [1.807, 2.05) is 20.8 Å². The van der Waals surface area contributed by atoms with E-state index in [1.165, 1.54) is 0 Å². The third-order valence-corrected chi connectivity index (χ3v) is 1.46. The van der Waals surface area contributed by atoms with Crippen LogP contribution in [0.5, 0.6) is 0 Å². The van der Waals surface area contributed by atoms with E-state index in [1.54, 1.807) is 0 Å². The lowest BCUT2D eigenvalue weighted by atomic mass is 9.93. The zero-order valence-corrected chi connectivity index (χ0v) is 13.5. The Morgan fingerprint density at radius 3 is 2.00 bits per heavy atom. The minimum Gasteiger partial charge on any atom is -0.465 e. The van der Waals surface area contributed by atoms with Crippen molar-refractivity contribution >= 4 is 63.4 Å². The summed E-state index contributed by atoms with van der Waals surface area (Å²) in [5, 5.41) is 0. The van der Waals surface area contributed by atoms with Crippen LogP contribution in [0.25, 0.3) is 0 Å². The molecule has 0 aliphatic rings. The number of esters is 1. The van der Waals surface area contributed by atoms with E-state index in [0.717, 1.165) is 4.43 Å². The van der Waals surface area contributed by atoms with Crippen LogP contribution in [0.3, 0.4) is 0 Å². The number of carbonyl (C=O) groups excluding carboxylic acids is 1. The minimum absolute atomic E-state index is 0.0440. The van der Waals surface area contributed by atoms with Gasteiger partial charge in [0, 0.05) is 4.43 Å². The van der Waals surface area contributed by atoms with Gasteiger partial charge in [0.05, 0.1) is 6.42 Å². The van der Waals surface area contributed by atoms with E-state index >= 15 is 0 Å². The van der Waals surface area contributed by atoms with E-state index < -0.39 is 4.30 Å². The normalized spacial score (nSPS) is 10.7. The maximum Gasteiger partial charge on any atom is 0.306 e. The van der Waals surface area contributed by atoms with Crippen molar-refractivity contribution in [3.05, 3.63) is 0 Å². The molecule has 0 spiro atoms. The molecule has 0 saturated heterocycles. The lowest BCUT2D eigenvalue weighted by Crippen LogP contribution is -2.16. The van der Waals surface area contributed by atoms with Gasteiger partial charge in [0.1, 0.15) is 6.61 Å². The standard InChI is InChI=1S/C8H15IO2.CHCl3/c1-8(2,3)6-7(10)11-5-4-9;2-1(3)4/h4-6H2,1-3H3;1H. The van der Waals surface area contributed by atoms with Gasteiger partial charge >= 0.3 is 5.97 Å². The van der Waals surface area contributed by atoms with Gasteiger partial charge < -0.3 is 4.74 Å². The maximum absolute atomic E-state index is 11.0. The van der Waals surface area contributed by atoms with Crippen LogP contribution in [0.2, 0.25) is 0 Å². The van der Waals surface area contributed by atoms with Crippen LogP contribution in [0.1, 0.15) is 27.2 Å². The Kier molecular flexibility index (Phi) is 12.6. The van der Waals surface area contributed by atoms with Crippen LogP contribution in [0.4, 0.5) is 0 Å². The zero-order chi connectivity index (χ0) is 12.5. The molecular weight excluding hydrogens is 373 g/mol. The Labute approximate surface area is 120 Å². The topological polar surface area (TPSA) is 26.3 Å². The van der Waals surface area contributed by atoms with Gasteiger partial charge in [-0.1, -0.05) is 78.2 Å². The Balaban J connectivity index is 0. The van der Waals surface area contributed by atoms with E-state index in [2.05, 4.69) is 22.6 Å². The predicted octanol–water partition coefficient (Wildman–Crippen LogP) is 4.39. The second kappa shape index (κ2) is 10.2. The summed E-state index contributed by atoms with van der Waals surface area (Å²) in [6.07, 6.45) is 0.504. The molecule has 0 aliphatic heterocycles. The molecule has 0 rings (SSSR count). The van der Waals surface area contributed by atoms with Crippen LogP contribution in [0, 0.1) is 5.41 Å². The molecular formula is C9H16Cl3IO2. The molecule has 92 valence electrons. The first kappa shape index (κ1) is 18.4. The molecule has 6 heteroatoms. The van der Waals surface area contributed by atoms with Crippen LogP contribution in [0.15, 0.2) is 0 Å². The summed E-state index contributed by atoms with van der Waals surface area (Å²) in [6, 6.07) is 0. The van der Waals surface area contributed by atoms with Gasteiger partial charge in [-0.15, -0.1) is 0 Å². The van der Waals surface area contributed by atoms with E-state index in [0.29, 0.717) is 13.0 Å². The smallest absolute Gasteiger partial charge is 0.306 e. The summed E-state index contributed by atoms with van der Waals surface area (Å²) in [7, 11) is 0. The van der Waals surface area contributed by atoms with Crippen molar-refractivity contribution in [2.24, 2.45) is 5.41 Å². The molecule has 0 N–H and O–H groups in total. The van der Waals surface area contributed by atoms with Crippen molar-refractivity contribution < 1.29 is 9.53 Å². The molecule has 0 aromatic carbocycles. The van der Waals surface area contributed by atoms with Gasteiger partial charge in [0.2, 0.25) is 0 Å². The van der Waals surface area contributed by atoms with Crippen molar-refractivity contribution in [2.75, 3.05) is 11.0 Å². The largest absolute Gasteiger partial charge is 0.465 e. The van der Waals surface area contributed by atoms with E-state index in [-0.39, 0.29) is 11.4 Å². The Bertz CT molecular complexity index is 166. The average Bonchev–Trinajstić information content (AvgIpc) is 1.96. The first-order valence-electron chi connectivity index (χ1n) is 4.33. The number of hydrogen-bond donors (Lipinski definition) is 0.